The number of carboxylic acid groups (broad SMARTS) is 1. The van der Waals surface area contributed by atoms with E-state index in [0.29, 0.717) is 6.42 Å². The zero-order valence-corrected chi connectivity index (χ0v) is 11.8. The number of aliphatic carboxylic acids is 1. The van der Waals surface area contributed by atoms with Gasteiger partial charge in [-0.15, -0.1) is 11.3 Å². The highest BCUT2D eigenvalue weighted by atomic mass is 32.1. The second-order valence-corrected chi connectivity index (χ2v) is 5.88. The average Bonchev–Trinajstić information content (AvgIpc) is 2.57. The van der Waals surface area contributed by atoms with Gasteiger partial charge in [-0.1, -0.05) is 0 Å². The summed E-state index contributed by atoms with van der Waals surface area (Å²) in [6.07, 6.45) is 1.98. The lowest BCUT2D eigenvalue weighted by molar-refractivity contribution is -0.141. The molecule has 100 valence electrons. The number of carboxylic acids is 1. The van der Waals surface area contributed by atoms with Gasteiger partial charge < -0.3 is 10.4 Å². The Hall–Kier alpha value is -1.36. The number of amides is 1. The molecule has 0 aromatic carbocycles. The van der Waals surface area contributed by atoms with Crippen LogP contribution in [0.3, 0.4) is 0 Å². The van der Waals surface area contributed by atoms with Gasteiger partial charge >= 0.3 is 5.97 Å². The zero-order valence-electron chi connectivity index (χ0n) is 10.9. The van der Waals surface area contributed by atoms with E-state index < -0.39 is 12.0 Å². The molecule has 1 amide bonds. The van der Waals surface area contributed by atoms with Crippen molar-refractivity contribution < 1.29 is 14.7 Å². The van der Waals surface area contributed by atoms with E-state index in [2.05, 4.69) is 25.2 Å². The van der Waals surface area contributed by atoms with Crippen LogP contribution in [-0.2, 0) is 16.0 Å². The summed E-state index contributed by atoms with van der Waals surface area (Å²) in [6, 6.07) is 1.33. The summed E-state index contributed by atoms with van der Waals surface area (Å²) in [6.45, 7) is 5.62. The zero-order chi connectivity index (χ0) is 13.7. The van der Waals surface area contributed by atoms with Gasteiger partial charge in [0, 0.05) is 16.2 Å². The van der Waals surface area contributed by atoms with Crippen molar-refractivity contribution in [1.82, 2.24) is 5.32 Å². The maximum atomic E-state index is 11.5. The molecule has 0 aliphatic heterocycles. The Morgan fingerprint density at radius 1 is 1.44 bits per heavy atom. The summed E-state index contributed by atoms with van der Waals surface area (Å²) >= 11 is 1.76. The van der Waals surface area contributed by atoms with Gasteiger partial charge in [-0.3, -0.25) is 9.59 Å². The number of carbonyl (C=O) groups is 2. The Kier molecular flexibility index (Phi) is 5.34. The summed E-state index contributed by atoms with van der Waals surface area (Å²) in [5, 5.41) is 11.1. The third-order valence-electron chi connectivity index (χ3n) is 2.74. The standard InChI is InChI=1S/C13H19NO3S/c1-8-7-11(10(3)18-8)5-4-6-12(15)14-9(2)13(16)17/h7,9H,4-6H2,1-3H3,(H,14,15)(H,16,17). The van der Waals surface area contributed by atoms with Gasteiger partial charge in [0.05, 0.1) is 0 Å². The number of nitrogens with one attached hydrogen (secondary N) is 1. The molecule has 1 heterocycles. The quantitative estimate of drug-likeness (QED) is 0.832. The highest BCUT2D eigenvalue weighted by Gasteiger charge is 2.13. The number of hydrogen-bond donors (Lipinski definition) is 2. The van der Waals surface area contributed by atoms with Crippen LogP contribution in [0.2, 0.25) is 0 Å². The second-order valence-electron chi connectivity index (χ2n) is 4.42. The molecule has 0 bridgehead atoms. The van der Waals surface area contributed by atoms with Crippen molar-refractivity contribution in [3.63, 3.8) is 0 Å². The smallest absolute Gasteiger partial charge is 0.325 e. The number of carbonyl (C=O) groups excluding carboxylic acids is 1. The fourth-order valence-electron chi connectivity index (χ4n) is 1.75. The topological polar surface area (TPSA) is 66.4 Å². The van der Waals surface area contributed by atoms with Crippen molar-refractivity contribution in [2.75, 3.05) is 0 Å². The Balaban J connectivity index is 2.32. The molecule has 0 aliphatic rings. The van der Waals surface area contributed by atoms with Crippen molar-refractivity contribution in [2.24, 2.45) is 0 Å². The number of hydrogen-bond acceptors (Lipinski definition) is 3. The number of rotatable bonds is 6. The Morgan fingerprint density at radius 2 is 2.11 bits per heavy atom. The lowest BCUT2D eigenvalue weighted by atomic mass is 10.1. The lowest BCUT2D eigenvalue weighted by Gasteiger charge is -2.08. The summed E-state index contributed by atoms with van der Waals surface area (Å²) in [5.41, 5.74) is 1.29. The molecule has 4 nitrogen and oxygen atoms in total. The molecule has 1 rings (SSSR count). The normalized spacial score (nSPS) is 12.2. The van der Waals surface area contributed by atoms with Crippen molar-refractivity contribution in [3.8, 4) is 0 Å². The van der Waals surface area contributed by atoms with Gasteiger partial charge in [0.2, 0.25) is 5.91 Å². The van der Waals surface area contributed by atoms with Crippen molar-refractivity contribution in [2.45, 2.75) is 46.1 Å². The minimum atomic E-state index is -1.01. The number of aryl methyl sites for hydroxylation is 3. The molecule has 0 aliphatic carbocycles. The lowest BCUT2D eigenvalue weighted by Crippen LogP contribution is -2.38. The first-order valence-corrected chi connectivity index (χ1v) is 6.80. The summed E-state index contributed by atoms with van der Waals surface area (Å²) in [7, 11) is 0. The van der Waals surface area contributed by atoms with Crippen LogP contribution >= 0.6 is 11.3 Å². The van der Waals surface area contributed by atoms with Crippen LogP contribution in [0.5, 0.6) is 0 Å². The van der Waals surface area contributed by atoms with E-state index in [4.69, 9.17) is 5.11 Å². The molecule has 0 fully saturated rings. The monoisotopic (exact) mass is 269 g/mol. The molecule has 1 atom stereocenters. The van der Waals surface area contributed by atoms with Crippen LogP contribution in [0, 0.1) is 13.8 Å². The van der Waals surface area contributed by atoms with Crippen LogP contribution in [0.25, 0.3) is 0 Å². The van der Waals surface area contributed by atoms with Gasteiger partial charge in [0.15, 0.2) is 0 Å². The molecule has 1 aromatic rings. The van der Waals surface area contributed by atoms with Gasteiger partial charge in [-0.25, -0.2) is 0 Å². The molecule has 0 saturated carbocycles. The molecule has 0 spiro atoms. The van der Waals surface area contributed by atoms with E-state index in [9.17, 15) is 9.59 Å². The second kappa shape index (κ2) is 6.54. The highest BCUT2D eigenvalue weighted by Crippen LogP contribution is 2.22. The summed E-state index contributed by atoms with van der Waals surface area (Å²) in [4.78, 5) is 24.6. The summed E-state index contributed by atoms with van der Waals surface area (Å²) < 4.78 is 0. The summed E-state index contributed by atoms with van der Waals surface area (Å²) in [5.74, 6) is -1.21. The van der Waals surface area contributed by atoms with Crippen LogP contribution in [0.1, 0.15) is 35.1 Å². The van der Waals surface area contributed by atoms with E-state index >= 15 is 0 Å². The molecule has 1 unspecified atom stereocenters. The SMILES string of the molecule is Cc1cc(CCCC(=O)NC(C)C(=O)O)c(C)s1. The Morgan fingerprint density at radius 3 is 2.61 bits per heavy atom. The predicted molar refractivity (Wildman–Crippen MR) is 72.0 cm³/mol. The average molecular weight is 269 g/mol. The van der Waals surface area contributed by atoms with Gasteiger partial charge in [0.25, 0.3) is 0 Å². The fraction of sp³-hybridized carbons (Fsp3) is 0.538. The molecule has 1 aromatic heterocycles. The number of thiophene rings is 1. The minimum absolute atomic E-state index is 0.200. The molecule has 18 heavy (non-hydrogen) atoms. The Labute approximate surface area is 111 Å². The molecular weight excluding hydrogens is 250 g/mol. The van der Waals surface area contributed by atoms with Crippen LogP contribution in [-0.4, -0.2) is 23.0 Å². The first kappa shape index (κ1) is 14.7. The molecule has 2 N–H and O–H groups in total. The van der Waals surface area contributed by atoms with Gasteiger partial charge in [0.1, 0.15) is 6.04 Å². The fourth-order valence-corrected chi connectivity index (χ4v) is 2.72. The van der Waals surface area contributed by atoms with Crippen LogP contribution in [0.4, 0.5) is 0 Å². The predicted octanol–water partition coefficient (Wildman–Crippen LogP) is 2.28. The highest BCUT2D eigenvalue weighted by molar-refractivity contribution is 7.12. The van der Waals surface area contributed by atoms with Crippen molar-refractivity contribution >= 4 is 23.2 Å². The van der Waals surface area contributed by atoms with E-state index in [1.807, 2.05) is 0 Å². The van der Waals surface area contributed by atoms with Crippen LogP contribution in [0.15, 0.2) is 6.07 Å². The maximum Gasteiger partial charge on any atom is 0.325 e. The van der Waals surface area contributed by atoms with E-state index in [0.717, 1.165) is 12.8 Å². The van der Waals surface area contributed by atoms with Gasteiger partial charge in [-0.2, -0.15) is 0 Å². The largest absolute Gasteiger partial charge is 0.480 e. The van der Waals surface area contributed by atoms with Gasteiger partial charge in [-0.05, 0) is 45.2 Å². The van der Waals surface area contributed by atoms with Crippen molar-refractivity contribution in [3.05, 3.63) is 21.4 Å². The van der Waals surface area contributed by atoms with E-state index in [-0.39, 0.29) is 5.91 Å². The Bertz CT molecular complexity index is 439. The molecule has 0 saturated heterocycles. The first-order valence-electron chi connectivity index (χ1n) is 5.98. The molecule has 0 radical (unpaired) electrons. The third-order valence-corrected chi connectivity index (χ3v) is 3.75. The molecular formula is C13H19NO3S. The maximum absolute atomic E-state index is 11.5. The minimum Gasteiger partial charge on any atom is -0.480 e. The van der Waals surface area contributed by atoms with Crippen molar-refractivity contribution in [1.29, 1.82) is 0 Å². The molecule has 5 heteroatoms. The third kappa shape index (κ3) is 4.49. The first-order chi connectivity index (χ1) is 8.40. The van der Waals surface area contributed by atoms with E-state index in [1.165, 1.54) is 22.2 Å². The van der Waals surface area contributed by atoms with Crippen LogP contribution < -0.4 is 5.32 Å². The van der Waals surface area contributed by atoms with E-state index in [1.54, 1.807) is 11.3 Å².